The summed E-state index contributed by atoms with van der Waals surface area (Å²) >= 11 is 5.83. The summed E-state index contributed by atoms with van der Waals surface area (Å²) in [5.74, 6) is -0.0613. The number of amides is 1. The molecule has 0 aliphatic heterocycles. The highest BCUT2D eigenvalue weighted by Crippen LogP contribution is 2.24. The molecule has 1 fully saturated rings. The van der Waals surface area contributed by atoms with E-state index < -0.39 is 0 Å². The fourth-order valence-electron chi connectivity index (χ4n) is 2.57. The molecule has 20 heavy (non-hydrogen) atoms. The van der Waals surface area contributed by atoms with Gasteiger partial charge in [0.05, 0.1) is 12.4 Å². The van der Waals surface area contributed by atoms with E-state index in [0.717, 1.165) is 19.4 Å². The molecule has 1 aliphatic rings. The van der Waals surface area contributed by atoms with Gasteiger partial charge in [-0.2, -0.15) is 0 Å². The molecule has 110 valence electrons. The Kier molecular flexibility index (Phi) is 5.31. The van der Waals surface area contributed by atoms with Gasteiger partial charge in [-0.1, -0.05) is 24.4 Å². The third-order valence-electron chi connectivity index (χ3n) is 3.64. The van der Waals surface area contributed by atoms with Crippen LogP contribution in [0, 0.1) is 0 Å². The zero-order valence-electron chi connectivity index (χ0n) is 12.0. The number of likely N-dealkylation sites (N-methyl/N-ethyl adjacent to an activating group) is 1. The molecule has 6 heteroatoms. The van der Waals surface area contributed by atoms with Crippen molar-refractivity contribution in [3.63, 3.8) is 0 Å². The SMILES string of the molecule is CN(C)CCN(C(=O)c1cncc(Cl)n1)C1CCCC1. The average molecular weight is 297 g/mol. The zero-order chi connectivity index (χ0) is 14.5. The highest BCUT2D eigenvalue weighted by molar-refractivity contribution is 6.29. The van der Waals surface area contributed by atoms with Crippen LogP contribution in [0.15, 0.2) is 12.4 Å². The van der Waals surface area contributed by atoms with E-state index in [1.54, 1.807) is 0 Å². The second kappa shape index (κ2) is 6.99. The Morgan fingerprint density at radius 3 is 2.60 bits per heavy atom. The highest BCUT2D eigenvalue weighted by atomic mass is 35.5. The van der Waals surface area contributed by atoms with E-state index in [1.807, 2.05) is 19.0 Å². The van der Waals surface area contributed by atoms with Crippen molar-refractivity contribution in [1.29, 1.82) is 0 Å². The standard InChI is InChI=1S/C14H21ClN4O/c1-18(2)7-8-19(11-5-3-4-6-11)14(20)12-9-16-10-13(15)17-12/h9-11H,3-8H2,1-2H3. The molecule has 1 amide bonds. The molecule has 0 aromatic carbocycles. The number of aromatic nitrogens is 2. The van der Waals surface area contributed by atoms with E-state index in [4.69, 9.17) is 11.6 Å². The molecule has 0 bridgehead atoms. The van der Waals surface area contributed by atoms with E-state index in [1.165, 1.54) is 25.2 Å². The maximum atomic E-state index is 12.6. The summed E-state index contributed by atoms with van der Waals surface area (Å²) in [7, 11) is 4.02. The monoisotopic (exact) mass is 296 g/mol. The van der Waals surface area contributed by atoms with E-state index in [2.05, 4.69) is 14.9 Å². The Balaban J connectivity index is 2.14. The van der Waals surface area contributed by atoms with Gasteiger partial charge in [-0.15, -0.1) is 0 Å². The van der Waals surface area contributed by atoms with Crippen LogP contribution in [0.5, 0.6) is 0 Å². The largest absolute Gasteiger partial charge is 0.333 e. The quantitative estimate of drug-likeness (QED) is 0.835. The van der Waals surface area contributed by atoms with Crippen molar-refractivity contribution >= 4 is 17.5 Å². The van der Waals surface area contributed by atoms with Gasteiger partial charge >= 0.3 is 0 Å². The summed E-state index contributed by atoms with van der Waals surface area (Å²) in [6.07, 6.45) is 7.47. The number of hydrogen-bond acceptors (Lipinski definition) is 4. The van der Waals surface area contributed by atoms with Crippen LogP contribution in [0.3, 0.4) is 0 Å². The Labute approximate surface area is 124 Å². The topological polar surface area (TPSA) is 49.3 Å². The first kappa shape index (κ1) is 15.2. The summed E-state index contributed by atoms with van der Waals surface area (Å²) in [4.78, 5) is 24.7. The van der Waals surface area contributed by atoms with Gasteiger partial charge in [0.1, 0.15) is 10.8 Å². The average Bonchev–Trinajstić information content (AvgIpc) is 2.92. The van der Waals surface area contributed by atoms with Crippen molar-refractivity contribution in [2.75, 3.05) is 27.2 Å². The lowest BCUT2D eigenvalue weighted by Crippen LogP contribution is -2.43. The van der Waals surface area contributed by atoms with Gasteiger partial charge in [0.2, 0.25) is 0 Å². The Morgan fingerprint density at radius 2 is 2.00 bits per heavy atom. The first-order chi connectivity index (χ1) is 9.58. The molecule has 0 saturated heterocycles. The molecule has 0 atom stereocenters. The van der Waals surface area contributed by atoms with E-state index in [0.29, 0.717) is 18.3 Å². The van der Waals surface area contributed by atoms with E-state index in [9.17, 15) is 4.79 Å². The van der Waals surface area contributed by atoms with Crippen LogP contribution in [0.4, 0.5) is 0 Å². The van der Waals surface area contributed by atoms with Crippen LogP contribution in [-0.2, 0) is 0 Å². The highest BCUT2D eigenvalue weighted by Gasteiger charge is 2.28. The second-order valence-corrected chi connectivity index (χ2v) is 5.85. The maximum Gasteiger partial charge on any atom is 0.274 e. The number of nitrogens with zero attached hydrogens (tertiary/aromatic N) is 4. The minimum Gasteiger partial charge on any atom is -0.333 e. The molecule has 5 nitrogen and oxygen atoms in total. The molecule has 1 saturated carbocycles. The minimum absolute atomic E-state index is 0.0613. The van der Waals surface area contributed by atoms with Crippen LogP contribution in [0.25, 0.3) is 0 Å². The molecule has 0 unspecified atom stereocenters. The smallest absolute Gasteiger partial charge is 0.274 e. The van der Waals surface area contributed by atoms with Crippen molar-refractivity contribution in [3.8, 4) is 0 Å². The van der Waals surface area contributed by atoms with Gasteiger partial charge in [0.25, 0.3) is 5.91 Å². The predicted molar refractivity (Wildman–Crippen MR) is 78.9 cm³/mol. The zero-order valence-corrected chi connectivity index (χ0v) is 12.8. The molecule has 2 rings (SSSR count). The minimum atomic E-state index is -0.0613. The molecule has 1 aliphatic carbocycles. The van der Waals surface area contributed by atoms with Crippen molar-refractivity contribution in [2.24, 2.45) is 0 Å². The van der Waals surface area contributed by atoms with Crippen LogP contribution in [0.2, 0.25) is 5.15 Å². The molecule has 1 heterocycles. The lowest BCUT2D eigenvalue weighted by molar-refractivity contribution is 0.0661. The number of halogens is 1. The van der Waals surface area contributed by atoms with Gasteiger partial charge in [0, 0.05) is 19.1 Å². The van der Waals surface area contributed by atoms with Gasteiger partial charge in [-0.3, -0.25) is 9.78 Å². The molecule has 1 aromatic rings. The Hall–Kier alpha value is -1.20. The first-order valence-electron chi connectivity index (χ1n) is 7.01. The lowest BCUT2D eigenvalue weighted by Gasteiger charge is -2.29. The Bertz CT molecular complexity index is 460. The van der Waals surface area contributed by atoms with Gasteiger partial charge < -0.3 is 9.80 Å². The summed E-state index contributed by atoms with van der Waals surface area (Å²) in [6.45, 7) is 1.56. The van der Waals surface area contributed by atoms with Crippen LogP contribution in [-0.4, -0.2) is 58.9 Å². The Morgan fingerprint density at radius 1 is 1.30 bits per heavy atom. The third kappa shape index (κ3) is 3.90. The molecular weight excluding hydrogens is 276 g/mol. The summed E-state index contributed by atoms with van der Waals surface area (Å²) in [6, 6.07) is 0.322. The van der Waals surface area contributed by atoms with Crippen LogP contribution >= 0.6 is 11.6 Å². The van der Waals surface area contributed by atoms with Crippen molar-refractivity contribution in [1.82, 2.24) is 19.8 Å². The number of carbonyl (C=O) groups is 1. The number of carbonyl (C=O) groups excluding carboxylic acids is 1. The number of hydrogen-bond donors (Lipinski definition) is 0. The van der Waals surface area contributed by atoms with E-state index >= 15 is 0 Å². The maximum absolute atomic E-state index is 12.6. The van der Waals surface area contributed by atoms with Gasteiger partial charge in [-0.25, -0.2) is 4.98 Å². The van der Waals surface area contributed by atoms with Crippen molar-refractivity contribution < 1.29 is 4.79 Å². The normalized spacial score (nSPS) is 15.8. The molecule has 1 aromatic heterocycles. The first-order valence-corrected chi connectivity index (χ1v) is 7.39. The van der Waals surface area contributed by atoms with Gasteiger partial charge in [-0.05, 0) is 26.9 Å². The molecule has 0 radical (unpaired) electrons. The van der Waals surface area contributed by atoms with Crippen LogP contribution in [0.1, 0.15) is 36.2 Å². The molecule has 0 spiro atoms. The second-order valence-electron chi connectivity index (χ2n) is 5.47. The van der Waals surface area contributed by atoms with Crippen LogP contribution < -0.4 is 0 Å². The fourth-order valence-corrected chi connectivity index (χ4v) is 2.71. The lowest BCUT2D eigenvalue weighted by atomic mass is 10.2. The third-order valence-corrected chi connectivity index (χ3v) is 3.82. The van der Waals surface area contributed by atoms with Gasteiger partial charge in [0.15, 0.2) is 0 Å². The number of rotatable bonds is 5. The van der Waals surface area contributed by atoms with Crippen molar-refractivity contribution in [3.05, 3.63) is 23.2 Å². The molecule has 0 N–H and O–H groups in total. The summed E-state index contributed by atoms with van der Waals surface area (Å²) in [5.41, 5.74) is 0.336. The summed E-state index contributed by atoms with van der Waals surface area (Å²) in [5, 5.41) is 0.259. The van der Waals surface area contributed by atoms with E-state index in [-0.39, 0.29) is 11.1 Å². The predicted octanol–water partition coefficient (Wildman–Crippen LogP) is 2.08. The van der Waals surface area contributed by atoms with Crippen molar-refractivity contribution in [2.45, 2.75) is 31.7 Å². The summed E-state index contributed by atoms with van der Waals surface area (Å²) < 4.78 is 0. The molecular formula is C14H21ClN4O. The fraction of sp³-hybridized carbons (Fsp3) is 0.643.